The third-order valence-corrected chi connectivity index (χ3v) is 3.90. The van der Waals surface area contributed by atoms with Crippen LogP contribution in [0, 0.1) is 0 Å². The van der Waals surface area contributed by atoms with Gasteiger partial charge in [-0.05, 0) is 55.4 Å². The van der Waals surface area contributed by atoms with E-state index in [0.29, 0.717) is 0 Å². The lowest BCUT2D eigenvalue weighted by Crippen LogP contribution is -2.62. The number of nitrogens with zero attached hydrogens (tertiary/aromatic N) is 4. The SMILES string of the molecule is CC(C)(C)OC(=O)Nn1ncc(C(=NOC(C)(C)C(=O)OC(C)(C)C)C(=O)NC2CNC2=O)n1. The molecule has 2 rings (SSSR count). The molecule has 1 aliphatic rings. The van der Waals surface area contributed by atoms with Crippen LogP contribution in [0.1, 0.15) is 61.1 Å². The van der Waals surface area contributed by atoms with E-state index < -0.39 is 40.8 Å². The fourth-order valence-corrected chi connectivity index (χ4v) is 2.24. The average molecular weight is 482 g/mol. The second-order valence-corrected chi connectivity index (χ2v) is 9.95. The second kappa shape index (κ2) is 9.65. The van der Waals surface area contributed by atoms with Crippen LogP contribution in [0.5, 0.6) is 0 Å². The Kier molecular flexibility index (Phi) is 7.53. The van der Waals surface area contributed by atoms with Crippen molar-refractivity contribution in [1.29, 1.82) is 0 Å². The molecule has 0 saturated carbocycles. The molecule has 1 saturated heterocycles. The number of carbonyl (C=O) groups excluding carboxylic acids is 4. The molecule has 1 aromatic heterocycles. The maximum absolute atomic E-state index is 12.8. The van der Waals surface area contributed by atoms with Crippen LogP contribution in [0.25, 0.3) is 0 Å². The molecule has 0 radical (unpaired) electrons. The predicted molar refractivity (Wildman–Crippen MR) is 118 cm³/mol. The summed E-state index contributed by atoms with van der Waals surface area (Å²) in [5.74, 6) is -1.88. The van der Waals surface area contributed by atoms with Gasteiger partial charge in [-0.3, -0.25) is 9.59 Å². The Labute approximate surface area is 196 Å². The van der Waals surface area contributed by atoms with Crippen LogP contribution in [0.2, 0.25) is 0 Å². The number of amides is 3. The zero-order chi connectivity index (χ0) is 25.9. The largest absolute Gasteiger partial charge is 0.457 e. The summed E-state index contributed by atoms with van der Waals surface area (Å²) in [6, 6.07) is -0.758. The van der Waals surface area contributed by atoms with Gasteiger partial charge < -0.3 is 24.9 Å². The number of esters is 1. The molecule has 34 heavy (non-hydrogen) atoms. The Hall–Kier alpha value is -3.71. The molecule has 3 N–H and O–H groups in total. The normalized spacial score (nSPS) is 16.6. The summed E-state index contributed by atoms with van der Waals surface area (Å²) in [5.41, 5.74) is -1.30. The quantitative estimate of drug-likeness (QED) is 0.213. The standard InChI is InChI=1S/C20H31N7O7/c1-18(2,3)32-16(30)20(7,8)34-26-13(15(29)23-12-9-21-14(12)28)11-10-22-27(24-11)25-17(31)33-19(4,5)6/h10,12H,9H2,1-8H3,(H,21,28)(H,23,29)(H,25,31). The maximum Gasteiger partial charge on any atom is 0.429 e. The highest BCUT2D eigenvalue weighted by Gasteiger charge is 2.37. The monoisotopic (exact) mass is 481 g/mol. The maximum atomic E-state index is 12.8. The smallest absolute Gasteiger partial charge is 0.429 e. The van der Waals surface area contributed by atoms with E-state index >= 15 is 0 Å². The highest BCUT2D eigenvalue weighted by Crippen LogP contribution is 2.18. The Morgan fingerprint density at radius 2 is 1.71 bits per heavy atom. The number of hydrogen-bond donors (Lipinski definition) is 3. The molecule has 0 bridgehead atoms. The molecule has 14 heteroatoms. The molecule has 188 valence electrons. The summed E-state index contributed by atoms with van der Waals surface area (Å²) in [6.45, 7) is 13.2. The van der Waals surface area contributed by atoms with E-state index in [9.17, 15) is 19.2 Å². The first-order valence-corrected chi connectivity index (χ1v) is 10.5. The summed E-state index contributed by atoms with van der Waals surface area (Å²) in [7, 11) is 0. The van der Waals surface area contributed by atoms with Gasteiger partial charge in [0.25, 0.3) is 5.91 Å². The summed E-state index contributed by atoms with van der Waals surface area (Å²) < 4.78 is 10.4. The third kappa shape index (κ3) is 7.71. The molecule has 14 nitrogen and oxygen atoms in total. The molecule has 2 heterocycles. The number of nitrogens with one attached hydrogen (secondary N) is 3. The van der Waals surface area contributed by atoms with Crippen LogP contribution in [-0.2, 0) is 28.7 Å². The first-order valence-electron chi connectivity index (χ1n) is 10.5. The number of hydrogen-bond acceptors (Lipinski definition) is 10. The topological polar surface area (TPSA) is 175 Å². The molecule has 3 amide bonds. The van der Waals surface area contributed by atoms with Crippen LogP contribution in [-0.4, -0.2) is 74.1 Å². The van der Waals surface area contributed by atoms with Crippen molar-refractivity contribution in [3.8, 4) is 0 Å². The zero-order valence-electron chi connectivity index (χ0n) is 20.5. The van der Waals surface area contributed by atoms with Gasteiger partial charge in [0.1, 0.15) is 22.9 Å². The summed E-state index contributed by atoms with van der Waals surface area (Å²) in [6.07, 6.45) is 0.312. The van der Waals surface area contributed by atoms with Crippen molar-refractivity contribution in [2.45, 2.75) is 78.2 Å². The highest BCUT2D eigenvalue weighted by atomic mass is 16.7. The van der Waals surface area contributed by atoms with Crippen molar-refractivity contribution in [2.75, 3.05) is 12.0 Å². The Morgan fingerprint density at radius 3 is 2.21 bits per heavy atom. The van der Waals surface area contributed by atoms with Gasteiger partial charge in [0.15, 0.2) is 5.71 Å². The minimum atomic E-state index is -1.56. The minimum absolute atomic E-state index is 0.103. The van der Waals surface area contributed by atoms with Crippen LogP contribution in [0.3, 0.4) is 0 Å². The van der Waals surface area contributed by atoms with E-state index in [1.165, 1.54) is 13.8 Å². The van der Waals surface area contributed by atoms with Crippen LogP contribution < -0.4 is 16.1 Å². The molecule has 1 unspecified atom stereocenters. The summed E-state index contributed by atoms with van der Waals surface area (Å²) >= 11 is 0. The Morgan fingerprint density at radius 1 is 1.09 bits per heavy atom. The van der Waals surface area contributed by atoms with Crippen LogP contribution in [0.4, 0.5) is 4.79 Å². The Balaban J connectivity index is 2.25. The molecule has 1 aromatic rings. The molecule has 1 atom stereocenters. The van der Waals surface area contributed by atoms with E-state index in [2.05, 4.69) is 31.4 Å². The van der Waals surface area contributed by atoms with Gasteiger partial charge in [-0.25, -0.2) is 9.59 Å². The first-order chi connectivity index (χ1) is 15.5. The third-order valence-electron chi connectivity index (χ3n) is 3.90. The molecule has 1 aliphatic heterocycles. The van der Waals surface area contributed by atoms with Crippen LogP contribution >= 0.6 is 0 Å². The van der Waals surface area contributed by atoms with E-state index in [0.717, 1.165) is 11.1 Å². The van der Waals surface area contributed by atoms with Gasteiger partial charge in [0.2, 0.25) is 11.5 Å². The molecule has 0 spiro atoms. The summed E-state index contributed by atoms with van der Waals surface area (Å²) in [5, 5.41) is 16.6. The van der Waals surface area contributed by atoms with Gasteiger partial charge in [0.05, 0.1) is 6.20 Å². The van der Waals surface area contributed by atoms with Gasteiger partial charge in [-0.1, -0.05) is 10.1 Å². The van der Waals surface area contributed by atoms with Gasteiger partial charge in [-0.15, -0.1) is 10.2 Å². The predicted octanol–water partition coefficient (Wildman–Crippen LogP) is 0.212. The second-order valence-electron chi connectivity index (χ2n) is 9.95. The molecule has 0 aliphatic carbocycles. The number of β-lactam (4-membered cyclic amide) rings is 1. The minimum Gasteiger partial charge on any atom is -0.457 e. The fourth-order valence-electron chi connectivity index (χ4n) is 2.24. The van der Waals surface area contributed by atoms with Crippen molar-refractivity contribution in [2.24, 2.45) is 5.16 Å². The van der Waals surface area contributed by atoms with Crippen molar-refractivity contribution in [3.63, 3.8) is 0 Å². The first kappa shape index (κ1) is 26.5. The van der Waals surface area contributed by atoms with Crippen molar-refractivity contribution < 1.29 is 33.5 Å². The van der Waals surface area contributed by atoms with Gasteiger partial charge in [0, 0.05) is 6.54 Å². The number of carbonyl (C=O) groups is 4. The van der Waals surface area contributed by atoms with E-state index in [-0.39, 0.29) is 23.9 Å². The molecular formula is C20H31N7O7. The molecule has 0 aromatic carbocycles. The molecular weight excluding hydrogens is 450 g/mol. The van der Waals surface area contributed by atoms with Crippen molar-refractivity contribution >= 4 is 29.6 Å². The fraction of sp³-hybridized carbons (Fsp3) is 0.650. The number of aromatic nitrogens is 3. The lowest BCUT2D eigenvalue weighted by molar-refractivity contribution is -0.179. The molecule has 1 fully saturated rings. The van der Waals surface area contributed by atoms with Crippen LogP contribution in [0.15, 0.2) is 11.4 Å². The lowest BCUT2D eigenvalue weighted by atomic mass is 10.1. The number of ether oxygens (including phenoxy) is 2. The van der Waals surface area contributed by atoms with Crippen molar-refractivity contribution in [3.05, 3.63) is 11.9 Å². The van der Waals surface area contributed by atoms with E-state index in [1.807, 2.05) is 0 Å². The average Bonchev–Trinajstić information content (AvgIpc) is 3.09. The number of oxime groups is 1. The Bertz CT molecular complexity index is 986. The van der Waals surface area contributed by atoms with E-state index in [1.54, 1.807) is 41.5 Å². The number of rotatable bonds is 7. The lowest BCUT2D eigenvalue weighted by Gasteiger charge is -2.27. The van der Waals surface area contributed by atoms with Gasteiger partial charge in [-0.2, -0.15) is 5.43 Å². The highest BCUT2D eigenvalue weighted by molar-refractivity contribution is 6.45. The van der Waals surface area contributed by atoms with Gasteiger partial charge >= 0.3 is 12.1 Å². The van der Waals surface area contributed by atoms with E-state index in [4.69, 9.17) is 14.3 Å². The zero-order valence-corrected chi connectivity index (χ0v) is 20.5. The summed E-state index contributed by atoms with van der Waals surface area (Å²) in [4.78, 5) is 54.9. The van der Waals surface area contributed by atoms with Crippen molar-refractivity contribution in [1.82, 2.24) is 25.7 Å².